The first-order valence-corrected chi connectivity index (χ1v) is 4.03. The lowest BCUT2D eigenvalue weighted by molar-refractivity contribution is -0.131. The smallest absolute Gasteiger partial charge is 0.239 e. The summed E-state index contributed by atoms with van der Waals surface area (Å²) in [5.74, 6) is -0.996. The van der Waals surface area contributed by atoms with Crippen molar-refractivity contribution in [1.29, 1.82) is 0 Å². The molecule has 0 N–H and O–H groups in total. The maximum Gasteiger partial charge on any atom is 0.239 e. The normalized spacial score (nSPS) is 18.6. The zero-order chi connectivity index (χ0) is 7.72. The van der Waals surface area contributed by atoms with E-state index < -0.39 is 11.6 Å². The Bertz CT molecular complexity index is 260. The number of hydrogen-bond donors (Lipinski definition) is 0. The van der Waals surface area contributed by atoms with Crippen molar-refractivity contribution in [3.05, 3.63) is 21.1 Å². The Morgan fingerprint density at radius 2 is 1.70 bits per heavy atom. The maximum absolute atomic E-state index is 10.7. The third kappa shape index (κ3) is 1.44. The minimum Gasteiger partial charge on any atom is -0.285 e. The van der Waals surface area contributed by atoms with Crippen molar-refractivity contribution in [2.75, 3.05) is 0 Å². The van der Waals surface area contributed by atoms with E-state index in [-0.39, 0.29) is 0 Å². The van der Waals surface area contributed by atoms with Gasteiger partial charge in [-0.05, 0) is 22.0 Å². The summed E-state index contributed by atoms with van der Waals surface area (Å²) in [4.78, 5) is 21.4. The number of ketones is 2. The molecule has 0 heterocycles. The van der Waals surface area contributed by atoms with Gasteiger partial charge in [0.15, 0.2) is 0 Å². The number of Topliss-reactive ketones (excluding diaryl/α,β-unsaturated/α-hetero) is 1. The van der Waals surface area contributed by atoms with Gasteiger partial charge in [0.1, 0.15) is 0 Å². The highest BCUT2D eigenvalue weighted by atomic mass is 79.9. The van der Waals surface area contributed by atoms with Gasteiger partial charge in [-0.3, -0.25) is 9.59 Å². The van der Waals surface area contributed by atoms with Gasteiger partial charge < -0.3 is 0 Å². The number of hydrogen-bond acceptors (Lipinski definition) is 2. The third-order valence-electron chi connectivity index (χ3n) is 0.974. The number of halogens is 2. The zero-order valence-corrected chi connectivity index (χ0v) is 7.90. The van der Waals surface area contributed by atoms with Crippen LogP contribution in [0.3, 0.4) is 0 Å². The van der Waals surface area contributed by atoms with Crippen LogP contribution < -0.4 is 0 Å². The molecule has 0 aromatic rings. The molecule has 0 aromatic carbocycles. The van der Waals surface area contributed by atoms with Crippen molar-refractivity contribution >= 4 is 43.4 Å². The first kappa shape index (κ1) is 7.88. The molecule has 4 heteroatoms. The lowest BCUT2D eigenvalue weighted by atomic mass is 10.1. The van der Waals surface area contributed by atoms with Crippen LogP contribution in [-0.2, 0) is 9.59 Å². The van der Waals surface area contributed by atoms with Crippen molar-refractivity contribution in [3.8, 4) is 0 Å². The monoisotopic (exact) mass is 264 g/mol. The Kier molecular flexibility index (Phi) is 2.21. The molecule has 2 nitrogen and oxygen atoms in total. The molecule has 0 bridgehead atoms. The molecule has 0 amide bonds. The van der Waals surface area contributed by atoms with E-state index in [1.54, 1.807) is 6.08 Å². The molecule has 0 radical (unpaired) electrons. The Hall–Kier alpha value is -0.220. The topological polar surface area (TPSA) is 34.1 Å². The zero-order valence-electron chi connectivity index (χ0n) is 4.73. The largest absolute Gasteiger partial charge is 0.285 e. The van der Waals surface area contributed by atoms with E-state index in [0.717, 1.165) is 0 Å². The highest BCUT2D eigenvalue weighted by Gasteiger charge is 2.18. The Morgan fingerprint density at radius 1 is 1.10 bits per heavy atom. The fraction of sp³-hybridized carbons (Fsp3) is 0. The van der Waals surface area contributed by atoms with Gasteiger partial charge in [0, 0.05) is 10.6 Å². The standard InChI is InChI=1S/C6H2Br2O2/c7-3-1-4(8)6(10)5(9)2-3/h1-2H. The maximum atomic E-state index is 10.7. The van der Waals surface area contributed by atoms with E-state index in [0.29, 0.717) is 8.96 Å². The molecule has 0 saturated heterocycles. The van der Waals surface area contributed by atoms with E-state index in [4.69, 9.17) is 0 Å². The van der Waals surface area contributed by atoms with Crippen molar-refractivity contribution in [2.24, 2.45) is 0 Å². The summed E-state index contributed by atoms with van der Waals surface area (Å²) in [6, 6.07) is 0. The van der Waals surface area contributed by atoms with Crippen molar-refractivity contribution in [2.45, 2.75) is 0 Å². The van der Waals surface area contributed by atoms with Crippen LogP contribution in [0.2, 0.25) is 0 Å². The van der Waals surface area contributed by atoms with Crippen molar-refractivity contribution in [3.63, 3.8) is 0 Å². The molecule has 0 atom stereocenters. The molecule has 0 saturated carbocycles. The van der Waals surface area contributed by atoms with Gasteiger partial charge in [-0.2, -0.15) is 0 Å². The van der Waals surface area contributed by atoms with Crippen LogP contribution in [-0.4, -0.2) is 11.6 Å². The van der Waals surface area contributed by atoms with Gasteiger partial charge in [-0.1, -0.05) is 15.9 Å². The second-order valence-corrected chi connectivity index (χ2v) is 3.48. The van der Waals surface area contributed by atoms with E-state index in [2.05, 4.69) is 31.9 Å². The van der Waals surface area contributed by atoms with Gasteiger partial charge in [0.05, 0.1) is 4.48 Å². The number of allylic oxidation sites excluding steroid dienone is 4. The van der Waals surface area contributed by atoms with E-state index in [1.807, 2.05) is 0 Å². The Balaban J connectivity index is 3.07. The van der Waals surface area contributed by atoms with Crippen LogP contribution in [0.4, 0.5) is 0 Å². The molecule has 0 fully saturated rings. The minimum atomic E-state index is -0.499. The predicted molar refractivity (Wildman–Crippen MR) is 44.0 cm³/mol. The SMILES string of the molecule is O=C1C=C(Br)C=C(Br)C1=O. The van der Waals surface area contributed by atoms with Crippen LogP contribution >= 0.6 is 31.9 Å². The summed E-state index contributed by atoms with van der Waals surface area (Å²) in [7, 11) is 0. The Labute approximate surface area is 74.2 Å². The molecule has 10 heavy (non-hydrogen) atoms. The minimum absolute atomic E-state index is 0.298. The highest BCUT2D eigenvalue weighted by molar-refractivity contribution is 9.12. The number of carbonyl (C=O) groups is 2. The van der Waals surface area contributed by atoms with Crippen molar-refractivity contribution < 1.29 is 9.59 Å². The predicted octanol–water partition coefficient (Wildman–Crippen LogP) is 1.70. The van der Waals surface area contributed by atoms with Crippen LogP contribution in [0.5, 0.6) is 0 Å². The van der Waals surface area contributed by atoms with Crippen molar-refractivity contribution in [1.82, 2.24) is 0 Å². The molecule has 1 aliphatic carbocycles. The van der Waals surface area contributed by atoms with Crippen LogP contribution in [0.15, 0.2) is 21.1 Å². The number of carbonyl (C=O) groups excluding carboxylic acids is 2. The molecule has 1 rings (SSSR count). The van der Waals surface area contributed by atoms with E-state index in [1.165, 1.54) is 6.08 Å². The first-order valence-electron chi connectivity index (χ1n) is 2.44. The highest BCUT2D eigenvalue weighted by Crippen LogP contribution is 2.20. The molecule has 0 spiro atoms. The summed E-state index contributed by atoms with van der Waals surface area (Å²) < 4.78 is 0.913. The summed E-state index contributed by atoms with van der Waals surface area (Å²) in [5.41, 5.74) is 0. The molecular formula is C6H2Br2O2. The van der Waals surface area contributed by atoms with Crippen LogP contribution in [0.25, 0.3) is 0 Å². The van der Waals surface area contributed by atoms with Gasteiger partial charge in [0.2, 0.25) is 11.6 Å². The first-order chi connectivity index (χ1) is 4.61. The Morgan fingerprint density at radius 3 is 2.20 bits per heavy atom. The van der Waals surface area contributed by atoms with Gasteiger partial charge in [-0.25, -0.2) is 0 Å². The second-order valence-electron chi connectivity index (χ2n) is 1.71. The molecular weight excluding hydrogens is 264 g/mol. The van der Waals surface area contributed by atoms with E-state index >= 15 is 0 Å². The molecule has 52 valence electrons. The fourth-order valence-electron chi connectivity index (χ4n) is 0.537. The van der Waals surface area contributed by atoms with E-state index in [9.17, 15) is 9.59 Å². The quantitative estimate of drug-likeness (QED) is 0.494. The fourth-order valence-corrected chi connectivity index (χ4v) is 1.72. The average Bonchev–Trinajstić information content (AvgIpc) is 1.82. The summed E-state index contributed by atoms with van der Waals surface area (Å²) in [6.45, 7) is 0. The average molecular weight is 266 g/mol. The molecule has 0 aliphatic heterocycles. The van der Waals surface area contributed by atoms with Crippen LogP contribution in [0, 0.1) is 0 Å². The van der Waals surface area contributed by atoms with Gasteiger partial charge >= 0.3 is 0 Å². The lowest BCUT2D eigenvalue weighted by Crippen LogP contribution is -2.13. The third-order valence-corrected chi connectivity index (χ3v) is 2.02. The molecule has 0 aromatic heterocycles. The summed E-state index contributed by atoms with van der Waals surface area (Å²) >= 11 is 6.03. The second kappa shape index (κ2) is 2.80. The lowest BCUT2D eigenvalue weighted by Gasteiger charge is -2.00. The summed E-state index contributed by atoms with van der Waals surface area (Å²) in [6.07, 6.45) is 2.79. The number of rotatable bonds is 0. The summed E-state index contributed by atoms with van der Waals surface area (Å²) in [5, 5.41) is 0. The molecule has 1 aliphatic rings. The van der Waals surface area contributed by atoms with Crippen LogP contribution in [0.1, 0.15) is 0 Å². The van der Waals surface area contributed by atoms with Gasteiger partial charge in [-0.15, -0.1) is 0 Å². The van der Waals surface area contributed by atoms with Gasteiger partial charge in [0.25, 0.3) is 0 Å². The molecule has 0 unspecified atom stereocenters.